The normalized spacial score (nSPS) is 10.0. The lowest BCUT2D eigenvalue weighted by Gasteiger charge is -2.06. The van der Waals surface area contributed by atoms with Gasteiger partial charge in [0.1, 0.15) is 11.4 Å². The van der Waals surface area contributed by atoms with Crippen molar-refractivity contribution >= 4 is 17.6 Å². The minimum absolute atomic E-state index is 0.0629. The molecule has 7 nitrogen and oxygen atoms in total. The molecule has 0 saturated heterocycles. The highest BCUT2D eigenvalue weighted by molar-refractivity contribution is 6.03. The van der Waals surface area contributed by atoms with Gasteiger partial charge in [0, 0.05) is 0 Å². The molecule has 92 valence electrons. The van der Waals surface area contributed by atoms with Crippen LogP contribution in [0.15, 0.2) is 30.7 Å². The smallest absolute Gasteiger partial charge is 0.335 e. The second kappa shape index (κ2) is 4.58. The van der Waals surface area contributed by atoms with Gasteiger partial charge in [-0.15, -0.1) is 0 Å². The molecule has 0 fully saturated rings. The Bertz CT molecular complexity index is 592. The van der Waals surface area contributed by atoms with Crippen molar-refractivity contribution in [1.29, 1.82) is 0 Å². The highest BCUT2D eigenvalue weighted by Crippen LogP contribution is 2.24. The van der Waals surface area contributed by atoms with E-state index >= 15 is 0 Å². The summed E-state index contributed by atoms with van der Waals surface area (Å²) < 4.78 is 0. The summed E-state index contributed by atoms with van der Waals surface area (Å²) in [6.45, 7) is 0. The molecule has 0 aliphatic rings. The quantitative estimate of drug-likeness (QED) is 0.605. The number of imidazole rings is 1. The molecule has 0 bridgehead atoms. The van der Waals surface area contributed by atoms with E-state index in [4.69, 9.17) is 5.11 Å². The Balaban J connectivity index is 2.20. The molecule has 1 aromatic carbocycles. The predicted molar refractivity (Wildman–Crippen MR) is 61.6 cm³/mol. The Hall–Kier alpha value is -2.83. The second-order valence-electron chi connectivity index (χ2n) is 3.46. The molecule has 0 spiro atoms. The van der Waals surface area contributed by atoms with Crippen molar-refractivity contribution in [3.8, 4) is 5.75 Å². The van der Waals surface area contributed by atoms with Crippen molar-refractivity contribution in [3.63, 3.8) is 0 Å². The minimum Gasteiger partial charge on any atom is -0.506 e. The number of benzene rings is 1. The van der Waals surface area contributed by atoms with Crippen LogP contribution in [0.3, 0.4) is 0 Å². The number of aromatic amines is 1. The van der Waals surface area contributed by atoms with Gasteiger partial charge in [-0.25, -0.2) is 9.78 Å². The third-order valence-electron chi connectivity index (χ3n) is 2.24. The number of anilines is 1. The summed E-state index contributed by atoms with van der Waals surface area (Å²) in [5.74, 6) is -1.95. The number of rotatable bonds is 3. The van der Waals surface area contributed by atoms with Gasteiger partial charge in [-0.1, -0.05) is 0 Å². The Morgan fingerprint density at radius 3 is 2.67 bits per heavy atom. The number of carboxylic acid groups (broad SMARTS) is 1. The summed E-state index contributed by atoms with van der Waals surface area (Å²) in [7, 11) is 0. The van der Waals surface area contributed by atoms with Crippen LogP contribution in [0.2, 0.25) is 0 Å². The predicted octanol–water partition coefficient (Wildman–Crippen LogP) is 1.07. The van der Waals surface area contributed by atoms with Crippen LogP contribution >= 0.6 is 0 Å². The largest absolute Gasteiger partial charge is 0.506 e. The van der Waals surface area contributed by atoms with E-state index in [9.17, 15) is 14.7 Å². The number of phenols is 1. The fourth-order valence-corrected chi connectivity index (χ4v) is 1.34. The minimum atomic E-state index is -1.16. The van der Waals surface area contributed by atoms with Gasteiger partial charge in [0.25, 0.3) is 5.91 Å². The lowest BCUT2D eigenvalue weighted by molar-refractivity contribution is 0.0696. The van der Waals surface area contributed by atoms with Crippen LogP contribution in [0.1, 0.15) is 20.8 Å². The van der Waals surface area contributed by atoms with Crippen molar-refractivity contribution in [2.75, 3.05) is 5.32 Å². The monoisotopic (exact) mass is 247 g/mol. The summed E-state index contributed by atoms with van der Waals surface area (Å²) in [6.07, 6.45) is 2.68. The van der Waals surface area contributed by atoms with E-state index < -0.39 is 11.9 Å². The van der Waals surface area contributed by atoms with E-state index in [1.807, 2.05) is 0 Å². The number of carboxylic acids is 1. The first-order valence-corrected chi connectivity index (χ1v) is 4.94. The van der Waals surface area contributed by atoms with Gasteiger partial charge in [-0.3, -0.25) is 4.79 Å². The first kappa shape index (κ1) is 11.6. The maximum absolute atomic E-state index is 11.6. The number of aromatic hydroxyl groups is 1. The first-order chi connectivity index (χ1) is 8.58. The lowest BCUT2D eigenvalue weighted by atomic mass is 10.2. The lowest BCUT2D eigenvalue weighted by Crippen LogP contribution is -2.12. The number of nitrogens with zero attached hydrogens (tertiary/aromatic N) is 1. The molecule has 0 atom stereocenters. The van der Waals surface area contributed by atoms with E-state index in [1.54, 1.807) is 0 Å². The third-order valence-corrected chi connectivity index (χ3v) is 2.24. The Morgan fingerprint density at radius 2 is 2.11 bits per heavy atom. The molecule has 1 aromatic heterocycles. The second-order valence-corrected chi connectivity index (χ2v) is 3.46. The number of H-pyrrole nitrogens is 1. The highest BCUT2D eigenvalue weighted by atomic mass is 16.4. The molecule has 0 saturated carbocycles. The van der Waals surface area contributed by atoms with E-state index in [0.717, 1.165) is 6.07 Å². The molecule has 0 aliphatic carbocycles. The maximum Gasteiger partial charge on any atom is 0.335 e. The highest BCUT2D eigenvalue weighted by Gasteiger charge is 2.12. The van der Waals surface area contributed by atoms with E-state index in [0.29, 0.717) is 0 Å². The van der Waals surface area contributed by atoms with Gasteiger partial charge in [-0.05, 0) is 18.2 Å². The van der Waals surface area contributed by atoms with Crippen molar-refractivity contribution in [2.24, 2.45) is 0 Å². The summed E-state index contributed by atoms with van der Waals surface area (Å²) in [4.78, 5) is 28.6. The topological polar surface area (TPSA) is 115 Å². The molecule has 0 aliphatic heterocycles. The molecule has 0 unspecified atom stereocenters. The number of nitrogens with one attached hydrogen (secondary N) is 2. The molecular formula is C11H9N3O4. The van der Waals surface area contributed by atoms with Crippen molar-refractivity contribution in [1.82, 2.24) is 9.97 Å². The Labute approximate surface area is 101 Å². The van der Waals surface area contributed by atoms with Crippen molar-refractivity contribution in [3.05, 3.63) is 42.0 Å². The number of amides is 1. The molecule has 1 amide bonds. The number of hydrogen-bond donors (Lipinski definition) is 4. The van der Waals surface area contributed by atoms with Gasteiger partial charge in [0.15, 0.2) is 0 Å². The molecule has 4 N–H and O–H groups in total. The summed E-state index contributed by atoms with van der Waals surface area (Å²) >= 11 is 0. The average molecular weight is 247 g/mol. The van der Waals surface area contributed by atoms with Gasteiger partial charge >= 0.3 is 5.97 Å². The summed E-state index contributed by atoms with van der Waals surface area (Å²) in [6, 6.07) is 3.66. The van der Waals surface area contributed by atoms with Crippen molar-refractivity contribution < 1.29 is 19.8 Å². The number of aromatic carboxylic acids is 1. The van der Waals surface area contributed by atoms with Crippen LogP contribution in [-0.2, 0) is 0 Å². The van der Waals surface area contributed by atoms with Gasteiger partial charge < -0.3 is 20.5 Å². The SMILES string of the molecule is O=C(O)c1ccc(NC(=O)c2cnc[nH]2)c(O)c1. The van der Waals surface area contributed by atoms with Gasteiger partial charge in [-0.2, -0.15) is 0 Å². The zero-order valence-electron chi connectivity index (χ0n) is 9.04. The standard InChI is InChI=1S/C11H9N3O4/c15-9-3-6(11(17)18)1-2-7(9)14-10(16)8-4-12-5-13-8/h1-5,15H,(H,12,13)(H,14,16)(H,17,18). The molecule has 1 heterocycles. The zero-order valence-corrected chi connectivity index (χ0v) is 9.04. The van der Waals surface area contributed by atoms with Crippen molar-refractivity contribution in [2.45, 2.75) is 0 Å². The number of aromatic nitrogens is 2. The number of phenolic OH excluding ortho intramolecular Hbond substituents is 1. The fourth-order valence-electron chi connectivity index (χ4n) is 1.34. The first-order valence-electron chi connectivity index (χ1n) is 4.94. The average Bonchev–Trinajstić information content (AvgIpc) is 2.85. The van der Waals surface area contributed by atoms with Crippen LogP contribution in [0, 0.1) is 0 Å². The molecule has 2 rings (SSSR count). The van der Waals surface area contributed by atoms with Crippen LogP contribution in [0.4, 0.5) is 5.69 Å². The van der Waals surface area contributed by atoms with E-state index in [-0.39, 0.29) is 22.7 Å². The Kier molecular flexibility index (Phi) is 2.96. The maximum atomic E-state index is 11.6. The summed E-state index contributed by atoms with van der Waals surface area (Å²) in [5, 5.41) is 20.7. The van der Waals surface area contributed by atoms with Gasteiger partial charge in [0.05, 0.1) is 23.8 Å². The molecule has 7 heteroatoms. The number of carbonyl (C=O) groups excluding carboxylic acids is 1. The Morgan fingerprint density at radius 1 is 1.33 bits per heavy atom. The molecule has 0 radical (unpaired) electrons. The van der Waals surface area contributed by atoms with E-state index in [2.05, 4.69) is 15.3 Å². The zero-order chi connectivity index (χ0) is 13.1. The fraction of sp³-hybridized carbons (Fsp3) is 0. The molecule has 18 heavy (non-hydrogen) atoms. The van der Waals surface area contributed by atoms with Crippen LogP contribution in [0.5, 0.6) is 5.75 Å². The number of carbonyl (C=O) groups is 2. The van der Waals surface area contributed by atoms with Crippen LogP contribution in [0.25, 0.3) is 0 Å². The summed E-state index contributed by atoms with van der Waals surface area (Å²) in [5.41, 5.74) is 0.295. The van der Waals surface area contributed by atoms with Crippen LogP contribution in [-0.4, -0.2) is 32.1 Å². The van der Waals surface area contributed by atoms with Crippen LogP contribution < -0.4 is 5.32 Å². The third kappa shape index (κ3) is 2.29. The molecule has 2 aromatic rings. The molecular weight excluding hydrogens is 238 g/mol. The van der Waals surface area contributed by atoms with Gasteiger partial charge in [0.2, 0.25) is 0 Å². The van der Waals surface area contributed by atoms with E-state index in [1.165, 1.54) is 24.7 Å². The number of hydrogen-bond acceptors (Lipinski definition) is 4.